The Kier molecular flexibility index (Phi) is 11.0. The van der Waals surface area contributed by atoms with Gasteiger partial charge in [0.2, 0.25) is 0 Å². The van der Waals surface area contributed by atoms with Gasteiger partial charge in [-0.25, -0.2) is 0 Å². The van der Waals surface area contributed by atoms with Gasteiger partial charge in [0.05, 0.1) is 16.7 Å². The minimum absolute atomic E-state index is 0.00309. The van der Waals surface area contributed by atoms with Gasteiger partial charge in [0.25, 0.3) is 6.71 Å². The standard InChI is InChI=1S/C82H87BN2Si/c1-76(2,3)49-26-22-46(23-27-49)68-61-39-48-38-51(78(7,8)9)30-33-56(48)69-74(61)84(71(68)47-24-28-50(29-25-47)77(4,5)6)63-36-37-64-75-70(63)83(69)62-42-54(81(16,17)18)40-59-60-41-55(82(19,20)21)45-67(73(60)85(75)72(59)62)86(64)65-43-52(79(10,11)12)31-34-57(65)58-35-32-53(44-66(58)86)80(13,14)15/h22-45H,1-21H3. The Morgan fingerprint density at radius 1 is 0.314 bits per heavy atom. The van der Waals surface area contributed by atoms with E-state index in [0.717, 1.165) is 0 Å². The first-order valence-electron chi connectivity index (χ1n) is 32.1. The van der Waals surface area contributed by atoms with Crippen molar-refractivity contribution in [1.29, 1.82) is 0 Å². The van der Waals surface area contributed by atoms with Crippen molar-refractivity contribution in [1.82, 2.24) is 9.13 Å². The lowest BCUT2D eigenvalue weighted by atomic mass is 9.33. The Hall–Kier alpha value is -7.14. The smallest absolute Gasteiger partial charge is 0.253 e. The van der Waals surface area contributed by atoms with E-state index in [1.54, 1.807) is 15.6 Å². The summed E-state index contributed by atoms with van der Waals surface area (Å²) in [5, 5.41) is 12.9. The third-order valence-electron chi connectivity index (χ3n) is 21.0. The number of benzene rings is 9. The molecule has 0 atom stereocenters. The van der Waals surface area contributed by atoms with Crippen molar-refractivity contribution in [2.45, 2.75) is 183 Å². The Morgan fingerprint density at radius 2 is 0.767 bits per heavy atom. The zero-order valence-corrected chi connectivity index (χ0v) is 56.3. The largest absolute Gasteiger partial charge is 0.310 e. The zero-order chi connectivity index (χ0) is 61.0. The maximum atomic E-state index is 2.87. The SMILES string of the molecule is CC(C)(C)c1ccc(-c2c(-c3ccc(C(C)(C)C)cc3)n3c4c(c5ccc(C(C)(C)C)cc5cc24)B2c4c-3ccc3c4-n4c5c2cc(C(C)(C)C)cc5c2cc(C(C)(C)C)cc(c24)[Si]32c3cc(C(C)(C)C)ccc3-c3ccc(C(C)(C)C)cc32)cc1. The van der Waals surface area contributed by atoms with Crippen LogP contribution in [-0.4, -0.2) is 23.9 Å². The molecule has 4 aliphatic rings. The van der Waals surface area contributed by atoms with E-state index in [9.17, 15) is 0 Å². The molecule has 0 radical (unpaired) electrons. The molecule has 432 valence electrons. The number of rotatable bonds is 2. The first-order chi connectivity index (χ1) is 40.1. The van der Waals surface area contributed by atoms with Gasteiger partial charge < -0.3 is 9.13 Å². The topological polar surface area (TPSA) is 9.86 Å². The third kappa shape index (κ3) is 7.50. The molecule has 6 heterocycles. The fraction of sp³-hybridized carbons (Fsp3) is 0.341. The van der Waals surface area contributed by atoms with Crippen molar-refractivity contribution in [3.05, 3.63) is 185 Å². The quantitative estimate of drug-likeness (QED) is 0.153. The predicted octanol–water partition coefficient (Wildman–Crippen LogP) is 17.1. The fourth-order valence-electron chi connectivity index (χ4n) is 16.0. The van der Waals surface area contributed by atoms with Crippen LogP contribution in [0.2, 0.25) is 0 Å². The Morgan fingerprint density at radius 3 is 1.29 bits per heavy atom. The molecule has 0 bridgehead atoms. The first-order valence-corrected chi connectivity index (χ1v) is 34.1. The molecule has 0 N–H and O–H groups in total. The van der Waals surface area contributed by atoms with Crippen LogP contribution in [0.25, 0.3) is 88.4 Å². The van der Waals surface area contributed by atoms with E-state index in [2.05, 4.69) is 300 Å². The number of aromatic nitrogens is 2. The lowest BCUT2D eigenvalue weighted by molar-refractivity contribution is 0.590. The van der Waals surface area contributed by atoms with Crippen LogP contribution in [0.4, 0.5) is 0 Å². The molecule has 0 saturated heterocycles. The van der Waals surface area contributed by atoms with Crippen LogP contribution in [0, 0.1) is 0 Å². The maximum absolute atomic E-state index is 3.26. The van der Waals surface area contributed by atoms with Crippen molar-refractivity contribution >= 4 is 95.4 Å². The number of hydrogen-bond donors (Lipinski definition) is 0. The van der Waals surface area contributed by atoms with E-state index in [0.29, 0.717) is 0 Å². The Balaban J connectivity index is 1.21. The zero-order valence-electron chi connectivity index (χ0n) is 55.3. The minimum Gasteiger partial charge on any atom is -0.310 e. The average Bonchev–Trinajstić information content (AvgIpc) is 2.02. The molecule has 86 heavy (non-hydrogen) atoms. The van der Waals surface area contributed by atoms with E-state index < -0.39 is 8.07 Å². The molecular formula is C82H87BN2Si. The molecule has 0 saturated carbocycles. The summed E-state index contributed by atoms with van der Waals surface area (Å²) < 4.78 is 5.66. The van der Waals surface area contributed by atoms with E-state index in [1.807, 2.05) is 0 Å². The molecule has 0 aliphatic carbocycles. The van der Waals surface area contributed by atoms with Crippen molar-refractivity contribution in [3.63, 3.8) is 0 Å². The van der Waals surface area contributed by atoms with Crippen molar-refractivity contribution in [2.75, 3.05) is 0 Å². The van der Waals surface area contributed by atoms with Gasteiger partial charge in [0.15, 0.2) is 8.07 Å². The highest BCUT2D eigenvalue weighted by Gasteiger charge is 2.57. The molecule has 15 rings (SSSR count). The number of nitrogens with zero attached hydrogens (tertiary/aromatic N) is 2. The van der Waals surface area contributed by atoms with Crippen molar-refractivity contribution < 1.29 is 0 Å². The van der Waals surface area contributed by atoms with E-state index in [1.165, 1.54) is 149 Å². The second-order valence-electron chi connectivity index (χ2n) is 33.9. The van der Waals surface area contributed by atoms with Gasteiger partial charge in [-0.3, -0.25) is 0 Å². The highest BCUT2D eigenvalue weighted by atomic mass is 28.3. The van der Waals surface area contributed by atoms with Gasteiger partial charge in [0.1, 0.15) is 0 Å². The van der Waals surface area contributed by atoms with Crippen LogP contribution in [0.1, 0.15) is 184 Å². The molecule has 0 fully saturated rings. The summed E-state index contributed by atoms with van der Waals surface area (Å²) in [5.41, 5.74) is 28.3. The van der Waals surface area contributed by atoms with E-state index in [-0.39, 0.29) is 44.6 Å². The molecule has 11 aromatic rings. The summed E-state index contributed by atoms with van der Waals surface area (Å²) in [6, 6.07) is 60.9. The molecule has 4 heteroatoms. The van der Waals surface area contributed by atoms with Crippen molar-refractivity contribution in [2.24, 2.45) is 0 Å². The summed E-state index contributed by atoms with van der Waals surface area (Å²) in [7, 11) is -3.26. The molecule has 0 amide bonds. The van der Waals surface area contributed by atoms with Crippen LogP contribution in [0.5, 0.6) is 0 Å². The van der Waals surface area contributed by atoms with E-state index in [4.69, 9.17) is 0 Å². The molecule has 2 nitrogen and oxygen atoms in total. The van der Waals surface area contributed by atoms with Gasteiger partial charge in [-0.05, 0) is 171 Å². The van der Waals surface area contributed by atoms with Crippen LogP contribution in [-0.2, 0) is 37.9 Å². The third-order valence-corrected chi connectivity index (χ3v) is 25.8. The number of fused-ring (bicyclic) bond motifs is 13. The van der Waals surface area contributed by atoms with Crippen molar-refractivity contribution in [3.8, 4) is 44.9 Å². The van der Waals surface area contributed by atoms with Gasteiger partial charge in [-0.2, -0.15) is 0 Å². The lowest BCUT2D eigenvalue weighted by Crippen LogP contribution is -2.77. The maximum Gasteiger partial charge on any atom is 0.253 e. The predicted molar refractivity (Wildman–Crippen MR) is 378 cm³/mol. The van der Waals surface area contributed by atoms with Gasteiger partial charge >= 0.3 is 0 Å². The Bertz CT molecular complexity index is 4750. The summed E-state index contributed by atoms with van der Waals surface area (Å²) in [6.07, 6.45) is 0. The lowest BCUT2D eigenvalue weighted by Gasteiger charge is -2.44. The van der Waals surface area contributed by atoms with Crippen LogP contribution in [0.3, 0.4) is 0 Å². The molecule has 0 unspecified atom stereocenters. The van der Waals surface area contributed by atoms with Crippen LogP contribution in [0.15, 0.2) is 146 Å². The summed E-state index contributed by atoms with van der Waals surface area (Å²) in [5.74, 6) is 0. The van der Waals surface area contributed by atoms with E-state index >= 15 is 0 Å². The second-order valence-corrected chi connectivity index (χ2v) is 37.6. The molecular weight excluding hydrogens is 1050 g/mol. The molecule has 1 spiro atoms. The molecule has 2 aromatic heterocycles. The van der Waals surface area contributed by atoms with Gasteiger partial charge in [-0.15, -0.1) is 0 Å². The van der Waals surface area contributed by atoms with Gasteiger partial charge in [-0.1, -0.05) is 267 Å². The Labute approximate surface area is 514 Å². The highest BCUT2D eigenvalue weighted by molar-refractivity contribution is 7.24. The summed E-state index contributed by atoms with van der Waals surface area (Å²) >= 11 is 0. The molecule has 9 aromatic carbocycles. The highest BCUT2D eigenvalue weighted by Crippen LogP contribution is 2.50. The summed E-state index contributed by atoms with van der Waals surface area (Å²) in [4.78, 5) is 0. The average molecular weight is 1140 g/mol. The summed E-state index contributed by atoms with van der Waals surface area (Å²) in [6.45, 7) is 50.2. The first kappa shape index (κ1) is 55.4. The van der Waals surface area contributed by atoms with Crippen LogP contribution >= 0.6 is 0 Å². The van der Waals surface area contributed by atoms with Gasteiger partial charge in [0, 0.05) is 38.6 Å². The molecule has 4 aliphatic heterocycles. The second kappa shape index (κ2) is 17.1. The van der Waals surface area contributed by atoms with Crippen LogP contribution < -0.4 is 37.1 Å². The monoisotopic (exact) mass is 1140 g/mol. The minimum atomic E-state index is -3.26. The number of hydrogen-bond acceptors (Lipinski definition) is 0. The fourth-order valence-corrected chi connectivity index (χ4v) is 21.6. The normalized spacial score (nSPS) is 15.1.